The van der Waals surface area contributed by atoms with Crippen molar-refractivity contribution in [3.05, 3.63) is 0 Å². The summed E-state index contributed by atoms with van der Waals surface area (Å²) in [4.78, 5) is 24.5. The molecule has 2 bridgehead atoms. The highest BCUT2D eigenvalue weighted by molar-refractivity contribution is 5.88. The standard InChI is InChI=1S/C9H13NO3/c1-13-9(12)7-4-6-2-3-10(7)5-8(6)11/h6-7H,2-5H2,1H3/t6-,7-/m1/s1. The summed E-state index contributed by atoms with van der Waals surface area (Å²) in [6.07, 6.45) is 1.57. The van der Waals surface area contributed by atoms with E-state index in [0.717, 1.165) is 13.0 Å². The van der Waals surface area contributed by atoms with E-state index in [1.54, 1.807) is 0 Å². The van der Waals surface area contributed by atoms with E-state index in [-0.39, 0.29) is 23.7 Å². The summed E-state index contributed by atoms with van der Waals surface area (Å²) in [5, 5.41) is 0. The highest BCUT2D eigenvalue weighted by Crippen LogP contribution is 2.29. The molecule has 0 saturated carbocycles. The first-order valence-electron chi connectivity index (χ1n) is 4.57. The number of ether oxygens (including phenoxy) is 1. The zero-order valence-electron chi connectivity index (χ0n) is 7.66. The smallest absolute Gasteiger partial charge is 0.323 e. The SMILES string of the molecule is COC(=O)[C@H]1C[C@H]2CCN1CC2=O. The van der Waals surface area contributed by atoms with Crippen LogP contribution in [0.25, 0.3) is 0 Å². The van der Waals surface area contributed by atoms with Gasteiger partial charge in [-0.15, -0.1) is 0 Å². The number of methoxy groups -OCH3 is 1. The third-order valence-corrected chi connectivity index (χ3v) is 3.00. The van der Waals surface area contributed by atoms with Crippen LogP contribution in [0.5, 0.6) is 0 Å². The zero-order chi connectivity index (χ0) is 9.42. The molecule has 0 aromatic carbocycles. The molecule has 0 aliphatic carbocycles. The molecule has 3 fully saturated rings. The molecule has 0 aromatic rings. The number of rotatable bonds is 1. The maximum absolute atomic E-state index is 11.3. The fourth-order valence-corrected chi connectivity index (χ4v) is 2.21. The molecule has 13 heavy (non-hydrogen) atoms. The maximum atomic E-state index is 11.3. The monoisotopic (exact) mass is 183 g/mol. The van der Waals surface area contributed by atoms with Crippen molar-refractivity contribution in [1.29, 1.82) is 0 Å². The molecule has 0 radical (unpaired) electrons. The molecule has 3 atom stereocenters. The Bertz CT molecular complexity index is 251. The van der Waals surface area contributed by atoms with Crippen LogP contribution < -0.4 is 0 Å². The van der Waals surface area contributed by atoms with E-state index in [1.807, 2.05) is 4.90 Å². The lowest BCUT2D eigenvalue weighted by Gasteiger charge is -2.42. The average Bonchev–Trinajstić information content (AvgIpc) is 2.17. The molecule has 0 aromatic heterocycles. The van der Waals surface area contributed by atoms with Crippen molar-refractivity contribution in [2.45, 2.75) is 18.9 Å². The van der Waals surface area contributed by atoms with Gasteiger partial charge in [-0.3, -0.25) is 14.5 Å². The quantitative estimate of drug-likeness (QED) is 0.529. The van der Waals surface area contributed by atoms with Crippen LogP contribution in [-0.4, -0.2) is 42.9 Å². The highest BCUT2D eigenvalue weighted by atomic mass is 16.5. The number of hydrogen-bond acceptors (Lipinski definition) is 4. The summed E-state index contributed by atoms with van der Waals surface area (Å²) < 4.78 is 4.69. The van der Waals surface area contributed by atoms with Crippen LogP contribution >= 0.6 is 0 Å². The van der Waals surface area contributed by atoms with Gasteiger partial charge >= 0.3 is 5.97 Å². The predicted octanol–water partition coefficient (Wildman–Crippen LogP) is -0.177. The highest BCUT2D eigenvalue weighted by Gasteiger charge is 2.42. The van der Waals surface area contributed by atoms with E-state index in [1.165, 1.54) is 7.11 Å². The maximum Gasteiger partial charge on any atom is 0.323 e. The van der Waals surface area contributed by atoms with Crippen molar-refractivity contribution < 1.29 is 14.3 Å². The Morgan fingerprint density at radius 2 is 2.38 bits per heavy atom. The topological polar surface area (TPSA) is 46.6 Å². The van der Waals surface area contributed by atoms with Crippen molar-refractivity contribution in [2.24, 2.45) is 5.92 Å². The molecule has 0 amide bonds. The lowest BCUT2D eigenvalue weighted by molar-refractivity contribution is -0.154. The molecule has 72 valence electrons. The molecule has 4 nitrogen and oxygen atoms in total. The average molecular weight is 183 g/mol. The van der Waals surface area contributed by atoms with Crippen LogP contribution in [0.2, 0.25) is 0 Å². The van der Waals surface area contributed by atoms with E-state index < -0.39 is 0 Å². The van der Waals surface area contributed by atoms with Crippen molar-refractivity contribution in [2.75, 3.05) is 20.2 Å². The number of piperidine rings is 3. The first-order chi connectivity index (χ1) is 6.22. The third kappa shape index (κ3) is 1.35. The normalized spacial score (nSPS) is 37.6. The van der Waals surface area contributed by atoms with E-state index in [4.69, 9.17) is 0 Å². The summed E-state index contributed by atoms with van der Waals surface area (Å²) in [5.74, 6) is 0.192. The molecule has 3 rings (SSSR count). The third-order valence-electron chi connectivity index (χ3n) is 3.00. The second-order valence-electron chi connectivity index (χ2n) is 3.70. The van der Waals surface area contributed by atoms with Crippen molar-refractivity contribution in [1.82, 2.24) is 4.90 Å². The number of Topliss-reactive ketones (excluding diaryl/α,β-unsaturated/α-hetero) is 1. The van der Waals surface area contributed by atoms with Crippen LogP contribution in [0.4, 0.5) is 0 Å². The Kier molecular flexibility index (Phi) is 2.07. The van der Waals surface area contributed by atoms with E-state index in [2.05, 4.69) is 4.74 Å². The predicted molar refractivity (Wildman–Crippen MR) is 45.1 cm³/mol. The van der Waals surface area contributed by atoms with Crippen LogP contribution in [-0.2, 0) is 14.3 Å². The summed E-state index contributed by atoms with van der Waals surface area (Å²) >= 11 is 0. The minimum Gasteiger partial charge on any atom is -0.468 e. The van der Waals surface area contributed by atoms with E-state index in [0.29, 0.717) is 13.0 Å². The van der Waals surface area contributed by atoms with Gasteiger partial charge in [-0.05, 0) is 12.8 Å². The summed E-state index contributed by atoms with van der Waals surface area (Å²) in [6.45, 7) is 1.29. The summed E-state index contributed by atoms with van der Waals surface area (Å²) in [5.41, 5.74) is 0. The van der Waals surface area contributed by atoms with Crippen LogP contribution in [0.3, 0.4) is 0 Å². The molecule has 0 N–H and O–H groups in total. The molecule has 3 aliphatic rings. The lowest BCUT2D eigenvalue weighted by Crippen LogP contribution is -2.56. The van der Waals surface area contributed by atoms with Gasteiger partial charge in [0.15, 0.2) is 0 Å². The van der Waals surface area contributed by atoms with Crippen molar-refractivity contribution >= 4 is 11.8 Å². The fourth-order valence-electron chi connectivity index (χ4n) is 2.21. The van der Waals surface area contributed by atoms with Gasteiger partial charge in [0.1, 0.15) is 11.8 Å². The molecule has 1 unspecified atom stereocenters. The van der Waals surface area contributed by atoms with Gasteiger partial charge in [0.05, 0.1) is 13.7 Å². The minimum absolute atomic E-state index is 0.106. The van der Waals surface area contributed by atoms with E-state index in [9.17, 15) is 9.59 Å². The van der Waals surface area contributed by atoms with Crippen LogP contribution in [0.15, 0.2) is 0 Å². The van der Waals surface area contributed by atoms with Gasteiger partial charge in [-0.2, -0.15) is 0 Å². The first kappa shape index (κ1) is 8.69. The Hall–Kier alpha value is -0.900. The second-order valence-corrected chi connectivity index (χ2v) is 3.70. The van der Waals surface area contributed by atoms with Gasteiger partial charge in [-0.25, -0.2) is 0 Å². The van der Waals surface area contributed by atoms with Gasteiger partial charge in [0.2, 0.25) is 0 Å². The van der Waals surface area contributed by atoms with E-state index >= 15 is 0 Å². The number of carbonyl (C=O) groups is 2. The lowest BCUT2D eigenvalue weighted by atomic mass is 9.82. The molecule has 3 saturated heterocycles. The van der Waals surface area contributed by atoms with Crippen molar-refractivity contribution in [3.8, 4) is 0 Å². The van der Waals surface area contributed by atoms with Crippen LogP contribution in [0.1, 0.15) is 12.8 Å². The number of ketones is 1. The molecule has 0 spiro atoms. The van der Waals surface area contributed by atoms with Gasteiger partial charge in [0.25, 0.3) is 0 Å². The molecule has 3 aliphatic heterocycles. The summed E-state index contributed by atoms with van der Waals surface area (Å²) in [6, 6.07) is -0.165. The van der Waals surface area contributed by atoms with Crippen LogP contribution in [0, 0.1) is 5.92 Å². The minimum atomic E-state index is -0.197. The second kappa shape index (κ2) is 3.10. The molecule has 4 heteroatoms. The fraction of sp³-hybridized carbons (Fsp3) is 0.778. The molecular formula is C9H13NO3. The van der Waals surface area contributed by atoms with Gasteiger partial charge < -0.3 is 4.74 Å². The Balaban J connectivity index is 2.10. The number of esters is 1. The number of carbonyl (C=O) groups excluding carboxylic acids is 2. The first-order valence-corrected chi connectivity index (χ1v) is 4.57. The largest absolute Gasteiger partial charge is 0.468 e. The summed E-state index contributed by atoms with van der Waals surface area (Å²) in [7, 11) is 1.40. The Morgan fingerprint density at radius 1 is 1.62 bits per heavy atom. The Morgan fingerprint density at radius 3 is 2.85 bits per heavy atom. The molecule has 3 heterocycles. The Labute approximate surface area is 76.8 Å². The number of nitrogens with zero attached hydrogens (tertiary/aromatic N) is 1. The molecular weight excluding hydrogens is 170 g/mol. The number of fused-ring (bicyclic) bond motifs is 3. The van der Waals surface area contributed by atoms with Gasteiger partial charge in [0, 0.05) is 12.5 Å². The van der Waals surface area contributed by atoms with Crippen molar-refractivity contribution in [3.63, 3.8) is 0 Å². The van der Waals surface area contributed by atoms with Gasteiger partial charge in [-0.1, -0.05) is 0 Å². The zero-order valence-corrected chi connectivity index (χ0v) is 7.66. The number of hydrogen-bond donors (Lipinski definition) is 0.